The van der Waals surface area contributed by atoms with Crippen molar-refractivity contribution in [3.8, 4) is 11.3 Å². The number of nitrogens with one attached hydrogen (secondary N) is 3. The maximum Gasteiger partial charge on any atom is 0.230 e. The average Bonchev–Trinajstić information content (AvgIpc) is 3.37. The molecule has 0 saturated carbocycles. The lowest BCUT2D eigenvalue weighted by atomic mass is 10.1. The molecule has 0 atom stereocenters. The van der Waals surface area contributed by atoms with E-state index in [1.165, 1.54) is 3.57 Å². The van der Waals surface area contributed by atoms with Gasteiger partial charge in [-0.2, -0.15) is 0 Å². The van der Waals surface area contributed by atoms with E-state index in [1.54, 1.807) is 12.4 Å². The minimum Gasteiger partial charge on any atom is -0.360 e. The van der Waals surface area contributed by atoms with Crippen molar-refractivity contribution in [2.24, 2.45) is 0 Å². The lowest BCUT2D eigenvalue weighted by Crippen LogP contribution is -2.02. The summed E-state index contributed by atoms with van der Waals surface area (Å²) in [7, 11) is 0. The van der Waals surface area contributed by atoms with E-state index in [9.17, 15) is 4.79 Å². The monoisotopic (exact) mass is 578 g/mol. The Morgan fingerprint density at radius 1 is 0.815 bits per heavy atom. The van der Waals surface area contributed by atoms with Gasteiger partial charge in [0.2, 0.25) is 5.78 Å². The lowest BCUT2D eigenvalue weighted by Gasteiger charge is -1.97. The number of carbonyl (C=O) groups excluding carboxylic acids is 1. The van der Waals surface area contributed by atoms with E-state index in [4.69, 9.17) is 0 Å². The Hall–Kier alpha value is -2.14. The Labute approximate surface area is 181 Å². The fourth-order valence-electron chi connectivity index (χ4n) is 3.30. The molecule has 0 fully saturated rings. The predicted octanol–water partition coefficient (Wildman–Crippen LogP) is 5.48. The van der Waals surface area contributed by atoms with Gasteiger partial charge in [-0.1, -0.05) is 12.1 Å². The molecule has 3 aromatic heterocycles. The minimum atomic E-state index is -0.122. The van der Waals surface area contributed by atoms with Gasteiger partial charge in [-0.05, 0) is 69.4 Å². The van der Waals surface area contributed by atoms with Crippen LogP contribution in [0.15, 0.2) is 55.0 Å². The molecule has 5 rings (SSSR count). The molecule has 2 aromatic carbocycles. The van der Waals surface area contributed by atoms with Gasteiger partial charge in [0.25, 0.3) is 0 Å². The summed E-state index contributed by atoms with van der Waals surface area (Å²) in [6.07, 6.45) is 5.46. The van der Waals surface area contributed by atoms with Crippen LogP contribution >= 0.6 is 45.2 Å². The molecular formula is C20H12I2N4O. The topological polar surface area (TPSA) is 77.3 Å². The minimum absolute atomic E-state index is 0.122. The van der Waals surface area contributed by atoms with Crippen molar-refractivity contribution in [1.82, 2.24) is 19.9 Å². The van der Waals surface area contributed by atoms with E-state index < -0.39 is 0 Å². The van der Waals surface area contributed by atoms with Gasteiger partial charge in [-0.25, -0.2) is 4.98 Å². The van der Waals surface area contributed by atoms with Crippen LogP contribution < -0.4 is 0 Å². The third kappa shape index (κ3) is 2.89. The number of ketones is 1. The summed E-state index contributed by atoms with van der Waals surface area (Å²) in [5.74, 6) is 0.215. The molecule has 0 bridgehead atoms. The standard InChI is InChI=1S/C20H12I2N4O/c21-10-1-3-12-14(7-23-16(12)5-10)18-9-25-20(26-18)19(27)15-8-24-17-6-11(22)2-4-13(15)17/h1-9,23-24H,(H,25,26). The number of carbonyl (C=O) groups is 1. The molecule has 132 valence electrons. The van der Waals surface area contributed by atoms with Crippen LogP contribution in [0.4, 0.5) is 0 Å². The SMILES string of the molecule is O=C(c1nc(-c2c[nH]c3cc(I)ccc23)c[nH]1)c1c[nH]c2cc(I)ccc12. The summed E-state index contributed by atoms with van der Waals surface area (Å²) in [5, 5.41) is 1.99. The van der Waals surface area contributed by atoms with E-state index >= 15 is 0 Å². The highest BCUT2D eigenvalue weighted by Crippen LogP contribution is 2.29. The number of hydrogen-bond acceptors (Lipinski definition) is 2. The number of nitrogens with zero attached hydrogens (tertiary/aromatic N) is 1. The van der Waals surface area contributed by atoms with Gasteiger partial charge in [-0.15, -0.1) is 0 Å². The van der Waals surface area contributed by atoms with Crippen molar-refractivity contribution < 1.29 is 4.79 Å². The Balaban J connectivity index is 1.55. The highest BCUT2D eigenvalue weighted by Gasteiger charge is 2.19. The van der Waals surface area contributed by atoms with Crippen LogP contribution in [0.3, 0.4) is 0 Å². The maximum atomic E-state index is 13.0. The first-order valence-corrected chi connectivity index (χ1v) is 10.4. The van der Waals surface area contributed by atoms with Gasteiger partial charge < -0.3 is 15.0 Å². The fraction of sp³-hybridized carbons (Fsp3) is 0. The first-order chi connectivity index (χ1) is 13.1. The van der Waals surface area contributed by atoms with Crippen molar-refractivity contribution in [2.75, 3.05) is 0 Å². The molecule has 0 spiro atoms. The van der Waals surface area contributed by atoms with Crippen molar-refractivity contribution >= 4 is 72.8 Å². The number of aromatic amines is 3. The van der Waals surface area contributed by atoms with E-state index in [2.05, 4.69) is 83.3 Å². The van der Waals surface area contributed by atoms with Crippen LogP contribution in [0.5, 0.6) is 0 Å². The number of imidazole rings is 1. The first kappa shape index (κ1) is 17.0. The van der Waals surface area contributed by atoms with Crippen molar-refractivity contribution in [3.05, 3.63) is 73.5 Å². The third-order valence-corrected chi connectivity index (χ3v) is 5.94. The number of halogens is 2. The fourth-order valence-corrected chi connectivity index (χ4v) is 4.28. The zero-order valence-electron chi connectivity index (χ0n) is 13.8. The number of fused-ring (bicyclic) bond motifs is 2. The zero-order chi connectivity index (χ0) is 18.5. The summed E-state index contributed by atoms with van der Waals surface area (Å²) in [4.78, 5) is 27.0. The Kier molecular flexibility index (Phi) is 4.08. The van der Waals surface area contributed by atoms with Gasteiger partial charge >= 0.3 is 0 Å². The second-order valence-electron chi connectivity index (χ2n) is 6.25. The molecule has 5 aromatic rings. The van der Waals surface area contributed by atoms with E-state index in [-0.39, 0.29) is 5.78 Å². The molecule has 0 aliphatic carbocycles. The van der Waals surface area contributed by atoms with Crippen LogP contribution in [0.2, 0.25) is 0 Å². The number of hydrogen-bond donors (Lipinski definition) is 3. The van der Waals surface area contributed by atoms with Crippen molar-refractivity contribution in [3.63, 3.8) is 0 Å². The van der Waals surface area contributed by atoms with Gasteiger partial charge in [0.1, 0.15) is 0 Å². The molecule has 27 heavy (non-hydrogen) atoms. The first-order valence-electron chi connectivity index (χ1n) is 8.24. The van der Waals surface area contributed by atoms with Crippen LogP contribution in [-0.4, -0.2) is 25.7 Å². The van der Waals surface area contributed by atoms with Crippen molar-refractivity contribution in [1.29, 1.82) is 0 Å². The molecule has 3 heterocycles. The molecule has 3 N–H and O–H groups in total. The molecule has 5 nitrogen and oxygen atoms in total. The Morgan fingerprint density at radius 3 is 2.26 bits per heavy atom. The summed E-state index contributed by atoms with van der Waals surface area (Å²) in [6, 6.07) is 12.2. The van der Waals surface area contributed by atoms with Gasteiger partial charge in [0.15, 0.2) is 5.82 Å². The number of aromatic nitrogens is 4. The molecule has 7 heteroatoms. The Morgan fingerprint density at radius 2 is 1.48 bits per heavy atom. The quantitative estimate of drug-likeness (QED) is 0.196. The van der Waals surface area contributed by atoms with E-state index in [1.807, 2.05) is 24.4 Å². The molecule has 0 amide bonds. The molecular weight excluding hydrogens is 566 g/mol. The molecule has 0 aliphatic heterocycles. The highest BCUT2D eigenvalue weighted by molar-refractivity contribution is 14.1. The summed E-state index contributed by atoms with van der Waals surface area (Å²) in [6.45, 7) is 0. The third-order valence-electron chi connectivity index (χ3n) is 4.60. The van der Waals surface area contributed by atoms with Crippen LogP contribution in [-0.2, 0) is 0 Å². The molecule has 0 aliphatic rings. The predicted molar refractivity (Wildman–Crippen MR) is 123 cm³/mol. The van der Waals surface area contributed by atoms with Crippen LogP contribution in [0.25, 0.3) is 33.1 Å². The molecule has 0 saturated heterocycles. The Bertz CT molecular complexity index is 1330. The number of rotatable bonds is 3. The van der Waals surface area contributed by atoms with Crippen LogP contribution in [0, 0.1) is 7.14 Å². The summed E-state index contributed by atoms with van der Waals surface area (Å²) in [5.41, 5.74) is 4.35. The van der Waals surface area contributed by atoms with Gasteiger partial charge in [-0.3, -0.25) is 4.79 Å². The number of H-pyrrole nitrogens is 3. The second kappa shape index (κ2) is 6.48. The summed E-state index contributed by atoms with van der Waals surface area (Å²) < 4.78 is 2.29. The van der Waals surface area contributed by atoms with Crippen LogP contribution in [0.1, 0.15) is 16.2 Å². The average molecular weight is 578 g/mol. The normalized spacial score (nSPS) is 11.5. The van der Waals surface area contributed by atoms with E-state index in [0.29, 0.717) is 11.4 Å². The second-order valence-corrected chi connectivity index (χ2v) is 8.74. The largest absolute Gasteiger partial charge is 0.360 e. The van der Waals surface area contributed by atoms with Gasteiger partial charge in [0, 0.05) is 53.1 Å². The molecule has 0 unspecified atom stereocenters. The smallest absolute Gasteiger partial charge is 0.230 e. The number of benzene rings is 2. The van der Waals surface area contributed by atoms with Crippen molar-refractivity contribution in [2.45, 2.75) is 0 Å². The zero-order valence-corrected chi connectivity index (χ0v) is 18.1. The molecule has 0 radical (unpaired) electrons. The lowest BCUT2D eigenvalue weighted by molar-refractivity contribution is 0.103. The van der Waals surface area contributed by atoms with Gasteiger partial charge in [0.05, 0.1) is 11.3 Å². The maximum absolute atomic E-state index is 13.0. The van der Waals surface area contributed by atoms with E-state index in [0.717, 1.165) is 36.6 Å². The summed E-state index contributed by atoms with van der Waals surface area (Å²) >= 11 is 4.55. The highest BCUT2D eigenvalue weighted by atomic mass is 127.